The second kappa shape index (κ2) is 8.49. The monoisotopic (exact) mass is 412 g/mol. The minimum absolute atomic E-state index is 0.0795. The van der Waals surface area contributed by atoms with Crippen LogP contribution >= 0.6 is 11.6 Å². The Bertz CT molecular complexity index is 945. The average Bonchev–Trinajstić information content (AvgIpc) is 2.60. The zero-order chi connectivity index (χ0) is 20.2. The maximum Gasteiger partial charge on any atom is 0.261 e. The molecule has 1 amide bonds. The van der Waals surface area contributed by atoms with Crippen LogP contribution in [0.5, 0.6) is 11.5 Å². The first-order chi connectivity index (χ1) is 12.7. The smallest absolute Gasteiger partial charge is 0.261 e. The molecule has 2 rings (SSSR count). The number of rotatable bonds is 7. The molecule has 27 heavy (non-hydrogen) atoms. The van der Waals surface area contributed by atoms with E-state index in [1.807, 2.05) is 0 Å². The first kappa shape index (κ1) is 20.9. The Hall–Kier alpha value is -2.45. The summed E-state index contributed by atoms with van der Waals surface area (Å²) in [6, 6.07) is 8.47. The number of hydrogen-bond acceptors (Lipinski definition) is 5. The van der Waals surface area contributed by atoms with E-state index in [-0.39, 0.29) is 33.0 Å². The summed E-state index contributed by atoms with van der Waals surface area (Å²) in [7, 11) is -1.07. The van der Waals surface area contributed by atoms with Crippen molar-refractivity contribution in [2.45, 2.75) is 24.8 Å². The van der Waals surface area contributed by atoms with Crippen LogP contribution in [0, 0.1) is 0 Å². The highest BCUT2D eigenvalue weighted by molar-refractivity contribution is 7.92. The zero-order valence-corrected chi connectivity index (χ0v) is 16.9. The molecule has 2 aromatic carbocycles. The number of halogens is 1. The SMILES string of the molecule is COc1ccc(NS(=O)(=O)c2ccc(OC)c(C(=O)NC(C)C)c2)cc1Cl. The van der Waals surface area contributed by atoms with Gasteiger partial charge < -0.3 is 14.8 Å². The van der Waals surface area contributed by atoms with Crippen molar-refractivity contribution in [1.29, 1.82) is 0 Å². The van der Waals surface area contributed by atoms with Crippen LogP contribution in [-0.4, -0.2) is 34.6 Å². The number of hydrogen-bond donors (Lipinski definition) is 2. The normalized spacial score (nSPS) is 11.2. The van der Waals surface area contributed by atoms with Crippen molar-refractivity contribution >= 4 is 33.2 Å². The Balaban J connectivity index is 2.38. The molecular weight excluding hydrogens is 392 g/mol. The standard InChI is InChI=1S/C18H21ClN2O5S/c1-11(2)20-18(22)14-10-13(6-8-16(14)25-3)27(23,24)21-12-5-7-17(26-4)15(19)9-12/h5-11,21H,1-4H3,(H,20,22). The van der Waals surface area contributed by atoms with Crippen LogP contribution in [0.1, 0.15) is 24.2 Å². The maximum absolute atomic E-state index is 12.7. The van der Waals surface area contributed by atoms with Crippen LogP contribution < -0.4 is 19.5 Å². The minimum atomic E-state index is -3.94. The molecule has 2 N–H and O–H groups in total. The number of methoxy groups -OCH3 is 2. The van der Waals surface area contributed by atoms with Gasteiger partial charge in [-0.15, -0.1) is 0 Å². The Kier molecular flexibility index (Phi) is 6.56. The van der Waals surface area contributed by atoms with Crippen LogP contribution in [-0.2, 0) is 10.0 Å². The molecule has 0 aromatic heterocycles. The Morgan fingerprint density at radius 2 is 1.67 bits per heavy atom. The summed E-state index contributed by atoms with van der Waals surface area (Å²) in [5.74, 6) is 0.280. The quantitative estimate of drug-likeness (QED) is 0.727. The summed E-state index contributed by atoms with van der Waals surface area (Å²) in [6.07, 6.45) is 0. The Morgan fingerprint density at radius 3 is 2.22 bits per heavy atom. The largest absolute Gasteiger partial charge is 0.496 e. The molecule has 0 saturated carbocycles. The third-order valence-electron chi connectivity index (χ3n) is 3.55. The van der Waals surface area contributed by atoms with E-state index >= 15 is 0 Å². The number of amides is 1. The second-order valence-corrected chi connectivity index (χ2v) is 8.03. The number of nitrogens with one attached hydrogen (secondary N) is 2. The summed E-state index contributed by atoms with van der Waals surface area (Å²) in [5, 5.41) is 2.98. The van der Waals surface area contributed by atoms with Crippen molar-refractivity contribution in [1.82, 2.24) is 5.32 Å². The lowest BCUT2D eigenvalue weighted by atomic mass is 10.2. The van der Waals surface area contributed by atoms with E-state index in [0.717, 1.165) is 0 Å². The summed E-state index contributed by atoms with van der Waals surface area (Å²) < 4.78 is 38.1. The molecule has 0 heterocycles. The first-order valence-corrected chi connectivity index (χ1v) is 9.89. The topological polar surface area (TPSA) is 93.7 Å². The molecule has 7 nitrogen and oxygen atoms in total. The van der Waals surface area contributed by atoms with E-state index in [2.05, 4.69) is 10.0 Å². The Labute approximate surface area is 163 Å². The van der Waals surface area contributed by atoms with E-state index in [1.54, 1.807) is 19.9 Å². The van der Waals surface area contributed by atoms with Gasteiger partial charge >= 0.3 is 0 Å². The van der Waals surface area contributed by atoms with Gasteiger partial charge in [0.2, 0.25) is 0 Å². The third kappa shape index (κ3) is 5.05. The summed E-state index contributed by atoms with van der Waals surface area (Å²) in [5.41, 5.74) is 0.395. The lowest BCUT2D eigenvalue weighted by Gasteiger charge is -2.14. The lowest BCUT2D eigenvalue weighted by molar-refractivity contribution is 0.0940. The molecular formula is C18H21ClN2O5S. The van der Waals surface area contributed by atoms with Crippen molar-refractivity contribution < 1.29 is 22.7 Å². The van der Waals surface area contributed by atoms with Gasteiger partial charge in [-0.1, -0.05) is 11.6 Å². The van der Waals surface area contributed by atoms with Gasteiger partial charge in [-0.3, -0.25) is 9.52 Å². The van der Waals surface area contributed by atoms with Crippen molar-refractivity contribution in [2.75, 3.05) is 18.9 Å². The fourth-order valence-corrected chi connectivity index (χ4v) is 3.65. The van der Waals surface area contributed by atoms with Crippen LogP contribution in [0.2, 0.25) is 5.02 Å². The molecule has 0 bridgehead atoms. The Morgan fingerprint density at radius 1 is 1.04 bits per heavy atom. The number of benzene rings is 2. The number of anilines is 1. The summed E-state index contributed by atoms with van der Waals surface area (Å²) >= 11 is 6.03. The highest BCUT2D eigenvalue weighted by Gasteiger charge is 2.20. The van der Waals surface area contributed by atoms with Gasteiger partial charge in [-0.2, -0.15) is 0 Å². The van der Waals surface area contributed by atoms with Gasteiger partial charge in [0.15, 0.2) is 0 Å². The molecule has 0 aliphatic carbocycles. The first-order valence-electron chi connectivity index (χ1n) is 8.03. The molecule has 2 aromatic rings. The van der Waals surface area contributed by atoms with Gasteiger partial charge in [0.05, 0.1) is 35.4 Å². The van der Waals surface area contributed by atoms with Crippen molar-refractivity contribution in [3.63, 3.8) is 0 Å². The molecule has 9 heteroatoms. The molecule has 0 fully saturated rings. The average molecular weight is 413 g/mol. The minimum Gasteiger partial charge on any atom is -0.496 e. The maximum atomic E-state index is 12.7. The van der Waals surface area contributed by atoms with Crippen molar-refractivity contribution in [3.05, 3.63) is 47.0 Å². The lowest BCUT2D eigenvalue weighted by Crippen LogP contribution is -2.30. The molecule has 0 aliphatic heterocycles. The highest BCUT2D eigenvalue weighted by Crippen LogP contribution is 2.29. The van der Waals surface area contributed by atoms with Gasteiger partial charge in [0.25, 0.3) is 15.9 Å². The zero-order valence-electron chi connectivity index (χ0n) is 15.4. The number of sulfonamides is 1. The van der Waals surface area contributed by atoms with Gasteiger partial charge in [0, 0.05) is 6.04 Å². The van der Waals surface area contributed by atoms with Crippen LogP contribution in [0.25, 0.3) is 0 Å². The molecule has 146 valence electrons. The number of carbonyl (C=O) groups excluding carboxylic acids is 1. The molecule has 0 atom stereocenters. The fraction of sp³-hybridized carbons (Fsp3) is 0.278. The van der Waals surface area contributed by atoms with Gasteiger partial charge in [0.1, 0.15) is 11.5 Å². The third-order valence-corrected chi connectivity index (χ3v) is 5.22. The molecule has 0 radical (unpaired) electrons. The van der Waals surface area contributed by atoms with E-state index in [9.17, 15) is 13.2 Å². The fourth-order valence-electron chi connectivity index (χ4n) is 2.32. The summed E-state index contributed by atoms with van der Waals surface area (Å²) in [4.78, 5) is 12.3. The second-order valence-electron chi connectivity index (χ2n) is 5.95. The van der Waals surface area contributed by atoms with Crippen LogP contribution in [0.3, 0.4) is 0 Å². The predicted octanol–water partition coefficient (Wildman–Crippen LogP) is 3.30. The van der Waals surface area contributed by atoms with Crippen molar-refractivity contribution in [2.24, 2.45) is 0 Å². The molecule has 0 spiro atoms. The van der Waals surface area contributed by atoms with E-state index in [0.29, 0.717) is 5.75 Å². The van der Waals surface area contributed by atoms with E-state index in [4.69, 9.17) is 21.1 Å². The van der Waals surface area contributed by atoms with Gasteiger partial charge in [-0.25, -0.2) is 8.42 Å². The van der Waals surface area contributed by atoms with Crippen LogP contribution in [0.15, 0.2) is 41.3 Å². The number of carbonyl (C=O) groups is 1. The van der Waals surface area contributed by atoms with E-state index in [1.165, 1.54) is 44.6 Å². The molecule has 0 unspecified atom stereocenters. The number of ether oxygens (including phenoxy) is 2. The summed E-state index contributed by atoms with van der Waals surface area (Å²) in [6.45, 7) is 3.61. The molecule has 0 saturated heterocycles. The molecule has 0 aliphatic rings. The van der Waals surface area contributed by atoms with Crippen LogP contribution in [0.4, 0.5) is 5.69 Å². The van der Waals surface area contributed by atoms with E-state index < -0.39 is 15.9 Å². The van der Waals surface area contributed by atoms with Crippen molar-refractivity contribution in [3.8, 4) is 11.5 Å². The predicted molar refractivity (Wildman–Crippen MR) is 104 cm³/mol. The highest BCUT2D eigenvalue weighted by atomic mass is 35.5. The van der Waals surface area contributed by atoms with Gasteiger partial charge in [-0.05, 0) is 50.2 Å².